The predicted octanol–water partition coefficient (Wildman–Crippen LogP) is 3.63. The number of carbonyl (C=O) groups excluding carboxylic acids is 2. The molecule has 2 amide bonds. The molecule has 1 aliphatic rings. The Hall–Kier alpha value is -3.13. The summed E-state index contributed by atoms with van der Waals surface area (Å²) in [7, 11) is 1.48. The lowest BCUT2D eigenvalue weighted by atomic mass is 9.97. The Morgan fingerprint density at radius 3 is 2.61 bits per heavy atom. The van der Waals surface area contributed by atoms with Crippen LogP contribution in [0.15, 0.2) is 60.7 Å². The van der Waals surface area contributed by atoms with E-state index in [1.165, 1.54) is 13.2 Å². The van der Waals surface area contributed by atoms with E-state index in [4.69, 9.17) is 21.1 Å². The third kappa shape index (κ3) is 5.45. The van der Waals surface area contributed by atoms with Crippen molar-refractivity contribution in [2.75, 3.05) is 45.3 Å². The predicted molar refractivity (Wildman–Crippen MR) is 129 cm³/mol. The molecule has 0 unspecified atom stereocenters. The van der Waals surface area contributed by atoms with Crippen LogP contribution in [0, 0.1) is 0 Å². The minimum Gasteiger partial charge on any atom is -0.495 e. The fourth-order valence-corrected chi connectivity index (χ4v) is 4.26. The van der Waals surface area contributed by atoms with E-state index in [-0.39, 0.29) is 12.6 Å². The van der Waals surface area contributed by atoms with Gasteiger partial charge in [-0.05, 0) is 34.5 Å². The molecule has 0 aromatic heterocycles. The molecular formula is C25H26ClN3O4. The van der Waals surface area contributed by atoms with Crippen molar-refractivity contribution in [2.24, 2.45) is 0 Å². The molecule has 7 nitrogen and oxygen atoms in total. The van der Waals surface area contributed by atoms with Crippen LogP contribution in [0.1, 0.15) is 11.6 Å². The van der Waals surface area contributed by atoms with E-state index < -0.39 is 11.8 Å². The second-order valence-electron chi connectivity index (χ2n) is 7.74. The largest absolute Gasteiger partial charge is 0.495 e. The summed E-state index contributed by atoms with van der Waals surface area (Å²) in [5, 5.41) is 8.07. The first-order valence-corrected chi connectivity index (χ1v) is 11.2. The van der Waals surface area contributed by atoms with Gasteiger partial charge >= 0.3 is 11.8 Å². The van der Waals surface area contributed by atoms with Crippen LogP contribution >= 0.6 is 11.6 Å². The van der Waals surface area contributed by atoms with E-state index in [2.05, 4.69) is 39.8 Å². The number of hydrogen-bond acceptors (Lipinski definition) is 5. The van der Waals surface area contributed by atoms with Crippen molar-refractivity contribution in [3.63, 3.8) is 0 Å². The smallest absolute Gasteiger partial charge is 0.313 e. The molecule has 33 heavy (non-hydrogen) atoms. The molecule has 1 fully saturated rings. The molecule has 2 N–H and O–H groups in total. The number of rotatable bonds is 6. The maximum atomic E-state index is 12.7. The van der Waals surface area contributed by atoms with Gasteiger partial charge in [0.1, 0.15) is 5.75 Å². The third-order valence-corrected chi connectivity index (χ3v) is 5.98. The van der Waals surface area contributed by atoms with Gasteiger partial charge in [0.05, 0.1) is 32.1 Å². The number of anilines is 1. The Bertz CT molecular complexity index is 1140. The molecule has 4 rings (SSSR count). The van der Waals surface area contributed by atoms with Crippen molar-refractivity contribution in [2.45, 2.75) is 6.04 Å². The second-order valence-corrected chi connectivity index (χ2v) is 8.18. The highest BCUT2D eigenvalue weighted by atomic mass is 35.5. The number of nitrogens with one attached hydrogen (secondary N) is 2. The molecule has 172 valence electrons. The lowest BCUT2D eigenvalue weighted by Gasteiger charge is -2.35. The molecule has 8 heteroatoms. The van der Waals surface area contributed by atoms with Crippen LogP contribution < -0.4 is 15.4 Å². The average molecular weight is 468 g/mol. The zero-order valence-corrected chi connectivity index (χ0v) is 19.1. The molecule has 0 saturated carbocycles. The Balaban J connectivity index is 1.52. The second kappa shape index (κ2) is 10.7. The number of benzene rings is 3. The highest BCUT2D eigenvalue weighted by Crippen LogP contribution is 2.29. The zero-order valence-electron chi connectivity index (χ0n) is 18.3. The van der Waals surface area contributed by atoms with E-state index in [1.807, 2.05) is 18.2 Å². The number of morpholine rings is 1. The van der Waals surface area contributed by atoms with Crippen LogP contribution in [0.4, 0.5) is 5.69 Å². The third-order valence-electron chi connectivity index (χ3n) is 5.74. The molecular weight excluding hydrogens is 442 g/mol. The number of halogens is 1. The van der Waals surface area contributed by atoms with Crippen LogP contribution in [0.2, 0.25) is 5.02 Å². The minimum absolute atomic E-state index is 0.0996. The first-order valence-electron chi connectivity index (χ1n) is 10.8. The number of amides is 2. The molecule has 0 spiro atoms. The summed E-state index contributed by atoms with van der Waals surface area (Å²) in [6.07, 6.45) is 0. The maximum absolute atomic E-state index is 12.7. The van der Waals surface area contributed by atoms with Gasteiger partial charge in [0.25, 0.3) is 0 Å². The van der Waals surface area contributed by atoms with Gasteiger partial charge in [0.2, 0.25) is 0 Å². The highest BCUT2D eigenvalue weighted by molar-refractivity contribution is 6.40. The quantitative estimate of drug-likeness (QED) is 0.541. The van der Waals surface area contributed by atoms with Gasteiger partial charge in [-0.2, -0.15) is 0 Å². The molecule has 3 aromatic rings. The Morgan fingerprint density at radius 2 is 1.82 bits per heavy atom. The number of nitrogens with zero attached hydrogens (tertiary/aromatic N) is 1. The highest BCUT2D eigenvalue weighted by Gasteiger charge is 2.26. The van der Waals surface area contributed by atoms with Gasteiger partial charge < -0.3 is 20.1 Å². The first kappa shape index (κ1) is 23.0. The van der Waals surface area contributed by atoms with E-state index in [1.54, 1.807) is 12.1 Å². The summed E-state index contributed by atoms with van der Waals surface area (Å²) >= 11 is 6.02. The zero-order chi connectivity index (χ0) is 23.2. The van der Waals surface area contributed by atoms with E-state index >= 15 is 0 Å². The number of fused-ring (bicyclic) bond motifs is 1. The van der Waals surface area contributed by atoms with Crippen molar-refractivity contribution >= 4 is 39.9 Å². The van der Waals surface area contributed by atoms with Gasteiger partial charge in [0.15, 0.2) is 0 Å². The molecule has 0 bridgehead atoms. The molecule has 3 aromatic carbocycles. The lowest BCUT2D eigenvalue weighted by Crippen LogP contribution is -2.45. The summed E-state index contributed by atoms with van der Waals surface area (Å²) < 4.78 is 10.8. The van der Waals surface area contributed by atoms with Gasteiger partial charge in [-0.1, -0.05) is 54.1 Å². The monoisotopic (exact) mass is 467 g/mol. The van der Waals surface area contributed by atoms with Gasteiger partial charge in [-0.25, -0.2) is 0 Å². The Kier molecular flexibility index (Phi) is 7.44. The van der Waals surface area contributed by atoms with Crippen molar-refractivity contribution in [3.05, 3.63) is 71.2 Å². The van der Waals surface area contributed by atoms with E-state index in [9.17, 15) is 9.59 Å². The Morgan fingerprint density at radius 1 is 1.06 bits per heavy atom. The fraction of sp³-hybridized carbons (Fsp3) is 0.280. The average Bonchev–Trinajstić information content (AvgIpc) is 2.85. The van der Waals surface area contributed by atoms with Crippen molar-refractivity contribution in [3.8, 4) is 5.75 Å². The van der Waals surface area contributed by atoms with E-state index in [0.717, 1.165) is 29.4 Å². The topological polar surface area (TPSA) is 79.9 Å². The summed E-state index contributed by atoms with van der Waals surface area (Å²) in [5.41, 5.74) is 1.44. The van der Waals surface area contributed by atoms with Crippen molar-refractivity contribution < 1.29 is 19.1 Å². The summed E-state index contributed by atoms with van der Waals surface area (Å²) in [6, 6.07) is 19.0. The van der Waals surface area contributed by atoms with Crippen LogP contribution in [0.5, 0.6) is 5.75 Å². The van der Waals surface area contributed by atoms with Crippen LogP contribution in [-0.4, -0.2) is 56.7 Å². The van der Waals surface area contributed by atoms with Gasteiger partial charge in [-0.15, -0.1) is 0 Å². The maximum Gasteiger partial charge on any atom is 0.313 e. The number of methoxy groups -OCH3 is 1. The number of carbonyl (C=O) groups is 2. The molecule has 0 aliphatic carbocycles. The fourth-order valence-electron chi connectivity index (χ4n) is 4.09. The van der Waals surface area contributed by atoms with Crippen molar-refractivity contribution in [1.29, 1.82) is 0 Å². The molecule has 1 aliphatic heterocycles. The number of hydrogen-bond donors (Lipinski definition) is 2. The van der Waals surface area contributed by atoms with Crippen LogP contribution in [0.3, 0.4) is 0 Å². The van der Waals surface area contributed by atoms with Gasteiger partial charge in [0, 0.05) is 24.7 Å². The molecule has 1 saturated heterocycles. The van der Waals surface area contributed by atoms with Gasteiger partial charge in [-0.3, -0.25) is 14.5 Å². The first-order chi connectivity index (χ1) is 16.1. The van der Waals surface area contributed by atoms with Crippen LogP contribution in [-0.2, 0) is 14.3 Å². The summed E-state index contributed by atoms with van der Waals surface area (Å²) in [5.74, 6) is -1.09. The van der Waals surface area contributed by atoms with Crippen LogP contribution in [0.25, 0.3) is 10.8 Å². The molecule has 0 radical (unpaired) electrons. The summed E-state index contributed by atoms with van der Waals surface area (Å²) in [4.78, 5) is 27.5. The molecule has 1 heterocycles. The SMILES string of the molecule is COc1ccc(Cl)cc1NC(=O)C(=O)NC[C@@H](c1cccc2ccccc12)N1CCOCC1. The lowest BCUT2D eigenvalue weighted by molar-refractivity contribution is -0.136. The number of ether oxygens (including phenoxy) is 2. The molecule has 1 atom stereocenters. The Labute approximate surface area is 197 Å². The van der Waals surface area contributed by atoms with E-state index in [0.29, 0.717) is 29.7 Å². The van der Waals surface area contributed by atoms with Crippen molar-refractivity contribution in [1.82, 2.24) is 10.2 Å². The standard InChI is InChI=1S/C25H26ClN3O4/c1-32-23-10-9-18(26)15-21(23)28-25(31)24(30)27-16-22(29-11-13-33-14-12-29)20-8-4-6-17-5-2-3-7-19(17)20/h2-10,15,22H,11-14,16H2,1H3,(H,27,30)(H,28,31)/t22-/m0/s1. The minimum atomic E-state index is -0.783. The normalized spacial score (nSPS) is 15.1. The summed E-state index contributed by atoms with van der Waals surface area (Å²) in [6.45, 7) is 3.03.